The van der Waals surface area contributed by atoms with Gasteiger partial charge in [0.1, 0.15) is 5.82 Å². The predicted octanol–water partition coefficient (Wildman–Crippen LogP) is 3.72. The van der Waals surface area contributed by atoms with Gasteiger partial charge in [-0.05, 0) is 43.9 Å². The van der Waals surface area contributed by atoms with Crippen molar-refractivity contribution in [1.82, 2.24) is 9.62 Å². The fourth-order valence-electron chi connectivity index (χ4n) is 3.89. The minimum Gasteiger partial charge on any atom is -0.353 e. The Morgan fingerprint density at radius 2 is 1.70 bits per heavy atom. The molecule has 1 aromatic carbocycles. The second-order valence-corrected chi connectivity index (χ2v) is 9.80. The zero-order valence-corrected chi connectivity index (χ0v) is 16.9. The summed E-state index contributed by atoms with van der Waals surface area (Å²) in [6.07, 6.45) is 7.82. The molecule has 0 atom stereocenters. The van der Waals surface area contributed by atoms with Crippen LogP contribution in [0.5, 0.6) is 0 Å². The summed E-state index contributed by atoms with van der Waals surface area (Å²) in [6.45, 7) is 0.556. The molecule has 1 aliphatic heterocycles. The third-order valence-electron chi connectivity index (χ3n) is 5.56. The van der Waals surface area contributed by atoms with Gasteiger partial charge in [0.05, 0.1) is 9.92 Å². The summed E-state index contributed by atoms with van der Waals surface area (Å²) in [5.74, 6) is -0.759. The van der Waals surface area contributed by atoms with E-state index in [-0.39, 0.29) is 40.9 Å². The van der Waals surface area contributed by atoms with Crippen molar-refractivity contribution in [2.75, 3.05) is 13.1 Å². The number of piperidine rings is 1. The molecule has 3 rings (SSSR count). The molecule has 1 aromatic rings. The van der Waals surface area contributed by atoms with Gasteiger partial charge in [0.15, 0.2) is 0 Å². The zero-order valence-electron chi connectivity index (χ0n) is 15.3. The second kappa shape index (κ2) is 8.88. The molecular formula is C19H26ClFN2O3S. The van der Waals surface area contributed by atoms with Gasteiger partial charge in [0, 0.05) is 25.0 Å². The number of carbonyl (C=O) groups excluding carboxylic acids is 1. The highest BCUT2D eigenvalue weighted by molar-refractivity contribution is 7.89. The van der Waals surface area contributed by atoms with E-state index in [0.29, 0.717) is 12.8 Å². The van der Waals surface area contributed by atoms with Crippen LogP contribution in [-0.4, -0.2) is 37.8 Å². The van der Waals surface area contributed by atoms with E-state index in [1.165, 1.54) is 23.2 Å². The Kier molecular flexibility index (Phi) is 6.76. The van der Waals surface area contributed by atoms with E-state index in [1.54, 1.807) is 0 Å². The van der Waals surface area contributed by atoms with Gasteiger partial charge in [0.2, 0.25) is 15.9 Å². The Morgan fingerprint density at radius 1 is 1.07 bits per heavy atom. The molecule has 8 heteroatoms. The number of hydrogen-bond donors (Lipinski definition) is 1. The first-order valence-corrected chi connectivity index (χ1v) is 11.5. The molecule has 1 saturated carbocycles. The highest BCUT2D eigenvalue weighted by Gasteiger charge is 2.33. The number of benzene rings is 1. The van der Waals surface area contributed by atoms with Crippen molar-refractivity contribution in [2.24, 2.45) is 5.92 Å². The van der Waals surface area contributed by atoms with Crippen LogP contribution < -0.4 is 5.32 Å². The molecule has 1 saturated heterocycles. The summed E-state index contributed by atoms with van der Waals surface area (Å²) in [4.78, 5) is 12.5. The van der Waals surface area contributed by atoms with Gasteiger partial charge >= 0.3 is 0 Å². The van der Waals surface area contributed by atoms with Crippen molar-refractivity contribution in [3.8, 4) is 0 Å². The fourth-order valence-corrected chi connectivity index (χ4v) is 5.63. The Morgan fingerprint density at radius 3 is 2.30 bits per heavy atom. The van der Waals surface area contributed by atoms with E-state index in [1.807, 2.05) is 0 Å². The number of halogens is 2. The molecule has 150 valence electrons. The van der Waals surface area contributed by atoms with E-state index in [2.05, 4.69) is 5.32 Å². The molecule has 1 aliphatic carbocycles. The lowest BCUT2D eigenvalue weighted by molar-refractivity contribution is -0.126. The summed E-state index contributed by atoms with van der Waals surface area (Å²) in [7, 11) is -3.73. The fraction of sp³-hybridized carbons (Fsp3) is 0.632. The van der Waals surface area contributed by atoms with Gasteiger partial charge in [-0.15, -0.1) is 0 Å². The Bertz CT molecular complexity index is 771. The molecule has 27 heavy (non-hydrogen) atoms. The van der Waals surface area contributed by atoms with E-state index >= 15 is 0 Å². The second-order valence-electron chi connectivity index (χ2n) is 7.45. The van der Waals surface area contributed by atoms with Crippen molar-refractivity contribution >= 4 is 27.5 Å². The Balaban J connectivity index is 1.57. The number of sulfonamides is 1. The van der Waals surface area contributed by atoms with Crippen LogP contribution in [-0.2, 0) is 14.8 Å². The topological polar surface area (TPSA) is 66.5 Å². The van der Waals surface area contributed by atoms with E-state index in [9.17, 15) is 17.6 Å². The smallest absolute Gasteiger partial charge is 0.243 e. The lowest BCUT2D eigenvalue weighted by Crippen LogP contribution is -2.45. The molecule has 5 nitrogen and oxygen atoms in total. The minimum absolute atomic E-state index is 0.0183. The first-order valence-electron chi connectivity index (χ1n) is 9.63. The molecule has 1 heterocycles. The molecule has 0 unspecified atom stereocenters. The van der Waals surface area contributed by atoms with Crippen LogP contribution in [0, 0.1) is 11.7 Å². The average molecular weight is 417 g/mol. The molecule has 0 aromatic heterocycles. The van der Waals surface area contributed by atoms with E-state index in [4.69, 9.17) is 11.6 Å². The van der Waals surface area contributed by atoms with Gasteiger partial charge in [-0.3, -0.25) is 4.79 Å². The lowest BCUT2D eigenvalue weighted by Gasteiger charge is -2.31. The van der Waals surface area contributed by atoms with Gasteiger partial charge in [0.25, 0.3) is 0 Å². The van der Waals surface area contributed by atoms with Crippen molar-refractivity contribution in [2.45, 2.75) is 62.3 Å². The SMILES string of the molecule is O=C(NC1CCCCCC1)C1CCN(S(=O)(=O)c2ccc(F)c(Cl)c2)CC1. The van der Waals surface area contributed by atoms with Gasteiger partial charge in [-0.25, -0.2) is 12.8 Å². The minimum atomic E-state index is -3.73. The Hall–Kier alpha value is -1.18. The summed E-state index contributed by atoms with van der Waals surface area (Å²) >= 11 is 5.72. The van der Waals surface area contributed by atoms with Crippen LogP contribution in [0.25, 0.3) is 0 Å². The first kappa shape index (κ1) is 20.6. The lowest BCUT2D eigenvalue weighted by atomic mass is 9.96. The van der Waals surface area contributed by atoms with E-state index in [0.717, 1.165) is 37.8 Å². The molecule has 0 radical (unpaired) electrons. The third kappa shape index (κ3) is 5.00. The van der Waals surface area contributed by atoms with Gasteiger partial charge in [-0.1, -0.05) is 37.3 Å². The largest absolute Gasteiger partial charge is 0.353 e. The number of carbonyl (C=O) groups is 1. The quantitative estimate of drug-likeness (QED) is 0.760. The molecule has 1 amide bonds. The third-order valence-corrected chi connectivity index (χ3v) is 7.74. The van der Waals surface area contributed by atoms with Crippen LogP contribution in [0.15, 0.2) is 23.1 Å². The van der Waals surface area contributed by atoms with E-state index < -0.39 is 15.8 Å². The van der Waals surface area contributed by atoms with Crippen LogP contribution in [0.1, 0.15) is 51.4 Å². The maximum Gasteiger partial charge on any atom is 0.243 e. The van der Waals surface area contributed by atoms with Crippen molar-refractivity contribution in [3.05, 3.63) is 29.0 Å². The van der Waals surface area contributed by atoms with Crippen molar-refractivity contribution in [1.29, 1.82) is 0 Å². The summed E-state index contributed by atoms with van der Waals surface area (Å²) in [5.41, 5.74) is 0. The normalized spacial score (nSPS) is 21.0. The highest BCUT2D eigenvalue weighted by atomic mass is 35.5. The van der Waals surface area contributed by atoms with Crippen molar-refractivity contribution in [3.63, 3.8) is 0 Å². The van der Waals surface area contributed by atoms with Gasteiger partial charge in [-0.2, -0.15) is 4.31 Å². The number of nitrogens with one attached hydrogen (secondary N) is 1. The van der Waals surface area contributed by atoms with Gasteiger partial charge < -0.3 is 5.32 Å². The maximum atomic E-state index is 13.3. The predicted molar refractivity (Wildman–Crippen MR) is 103 cm³/mol. The number of amides is 1. The molecule has 1 N–H and O–H groups in total. The summed E-state index contributed by atoms with van der Waals surface area (Å²) in [5, 5.41) is 2.95. The zero-order chi connectivity index (χ0) is 19.4. The molecule has 2 fully saturated rings. The first-order chi connectivity index (χ1) is 12.9. The number of hydrogen-bond acceptors (Lipinski definition) is 3. The van der Waals surface area contributed by atoms with Crippen molar-refractivity contribution < 1.29 is 17.6 Å². The average Bonchev–Trinajstić information content (AvgIpc) is 2.92. The molecule has 0 spiro atoms. The monoisotopic (exact) mass is 416 g/mol. The van der Waals surface area contributed by atoms with Crippen LogP contribution in [0.4, 0.5) is 4.39 Å². The summed E-state index contributed by atoms with van der Waals surface area (Å²) < 4.78 is 40.1. The van der Waals surface area contributed by atoms with Crippen LogP contribution in [0.3, 0.4) is 0 Å². The number of rotatable bonds is 4. The standard InChI is InChI=1S/C19H26ClFN2O3S/c20-17-13-16(7-8-18(17)21)27(25,26)23-11-9-14(10-12-23)19(24)22-15-5-3-1-2-4-6-15/h7-8,13-15H,1-6,9-12H2,(H,22,24). The Labute approximate surface area is 165 Å². The molecule has 2 aliphatic rings. The maximum absolute atomic E-state index is 13.3. The van der Waals surface area contributed by atoms with Crippen LogP contribution >= 0.6 is 11.6 Å². The highest BCUT2D eigenvalue weighted by Crippen LogP contribution is 2.27. The summed E-state index contributed by atoms with van der Waals surface area (Å²) in [6, 6.07) is 3.67. The molecule has 0 bridgehead atoms. The van der Waals surface area contributed by atoms with Crippen LogP contribution in [0.2, 0.25) is 5.02 Å². The number of nitrogens with zero attached hydrogens (tertiary/aromatic N) is 1. The molecular weight excluding hydrogens is 391 g/mol.